The number of urea groups is 1. The third-order valence-electron chi connectivity index (χ3n) is 6.00. The van der Waals surface area contributed by atoms with Crippen molar-refractivity contribution in [3.8, 4) is 0 Å². The van der Waals surface area contributed by atoms with Gasteiger partial charge in [0.25, 0.3) is 0 Å². The van der Waals surface area contributed by atoms with Gasteiger partial charge in [-0.25, -0.2) is 4.79 Å². The lowest BCUT2D eigenvalue weighted by molar-refractivity contribution is -0.125. The second kappa shape index (κ2) is 9.25. The van der Waals surface area contributed by atoms with E-state index in [0.717, 1.165) is 37.7 Å². The normalized spacial score (nSPS) is 21.7. The van der Waals surface area contributed by atoms with Gasteiger partial charge in [-0.1, -0.05) is 50.5 Å². The number of hydrogen-bond acceptors (Lipinski definition) is 2. The number of carbonyl (C=O) groups excluding carboxylic acids is 2. The summed E-state index contributed by atoms with van der Waals surface area (Å²) in [7, 11) is 0. The molecular weight excluding hydrogens is 338 g/mol. The lowest BCUT2D eigenvalue weighted by Gasteiger charge is -2.29. The smallest absolute Gasteiger partial charge is 0.318 e. The highest BCUT2D eigenvalue weighted by Crippen LogP contribution is 2.22. The number of nitrogens with zero attached hydrogens (tertiary/aromatic N) is 1. The van der Waals surface area contributed by atoms with Gasteiger partial charge in [-0.2, -0.15) is 0 Å². The second-order valence-corrected chi connectivity index (χ2v) is 7.96. The molecule has 2 N–H and O–H groups in total. The van der Waals surface area contributed by atoms with Crippen molar-refractivity contribution in [2.24, 2.45) is 0 Å². The summed E-state index contributed by atoms with van der Waals surface area (Å²) in [6.07, 6.45) is 8.38. The van der Waals surface area contributed by atoms with Gasteiger partial charge in [0.2, 0.25) is 5.91 Å². The first-order valence-corrected chi connectivity index (χ1v) is 10.5. The van der Waals surface area contributed by atoms with Crippen molar-refractivity contribution < 1.29 is 9.59 Å². The molecule has 5 nitrogen and oxygen atoms in total. The Hall–Kier alpha value is -2.04. The Bertz CT molecular complexity index is 637. The van der Waals surface area contributed by atoms with Crippen molar-refractivity contribution in [2.45, 2.75) is 83.3 Å². The van der Waals surface area contributed by atoms with Crippen molar-refractivity contribution in [1.82, 2.24) is 15.5 Å². The summed E-state index contributed by atoms with van der Waals surface area (Å²) in [5, 5.41) is 6.25. The van der Waals surface area contributed by atoms with Gasteiger partial charge in [-0.15, -0.1) is 0 Å². The highest BCUT2D eigenvalue weighted by Gasteiger charge is 2.35. The molecule has 1 saturated heterocycles. The van der Waals surface area contributed by atoms with Crippen LogP contribution in [0.3, 0.4) is 0 Å². The van der Waals surface area contributed by atoms with Crippen LogP contribution in [0.25, 0.3) is 0 Å². The quantitative estimate of drug-likeness (QED) is 0.824. The van der Waals surface area contributed by atoms with Crippen molar-refractivity contribution in [2.75, 3.05) is 6.54 Å². The number of aryl methyl sites for hydroxylation is 1. The molecule has 2 aliphatic rings. The van der Waals surface area contributed by atoms with Crippen LogP contribution in [0.1, 0.15) is 76.0 Å². The SMILES string of the molecule is CCc1ccc([C@H](C)NC(=O)[C@@H]2CCCN2C(=O)NC2CCCCC2)cc1. The van der Waals surface area contributed by atoms with E-state index in [0.29, 0.717) is 6.54 Å². The van der Waals surface area contributed by atoms with Gasteiger partial charge in [-0.3, -0.25) is 4.79 Å². The monoisotopic (exact) mass is 371 g/mol. The molecule has 1 saturated carbocycles. The van der Waals surface area contributed by atoms with Crippen molar-refractivity contribution in [3.05, 3.63) is 35.4 Å². The number of carbonyl (C=O) groups is 2. The molecule has 1 aliphatic heterocycles. The molecule has 2 atom stereocenters. The Morgan fingerprint density at radius 2 is 1.78 bits per heavy atom. The minimum atomic E-state index is -0.356. The number of likely N-dealkylation sites (tertiary alicyclic amines) is 1. The maximum absolute atomic E-state index is 12.8. The molecular formula is C22H33N3O2. The second-order valence-electron chi connectivity index (χ2n) is 7.96. The van der Waals surface area contributed by atoms with Crippen LogP contribution in [0, 0.1) is 0 Å². The van der Waals surface area contributed by atoms with E-state index in [-0.39, 0.29) is 30.1 Å². The van der Waals surface area contributed by atoms with E-state index in [1.54, 1.807) is 4.90 Å². The first-order valence-electron chi connectivity index (χ1n) is 10.5. The van der Waals surface area contributed by atoms with E-state index in [1.165, 1.54) is 24.8 Å². The predicted molar refractivity (Wildman–Crippen MR) is 108 cm³/mol. The number of nitrogens with one attached hydrogen (secondary N) is 2. The summed E-state index contributed by atoms with van der Waals surface area (Å²) in [4.78, 5) is 27.2. The molecule has 0 aromatic heterocycles. The Balaban J connectivity index is 1.56. The summed E-state index contributed by atoms with van der Waals surface area (Å²) >= 11 is 0. The van der Waals surface area contributed by atoms with Crippen LogP contribution in [0.5, 0.6) is 0 Å². The van der Waals surface area contributed by atoms with Gasteiger partial charge < -0.3 is 15.5 Å². The molecule has 5 heteroatoms. The van der Waals surface area contributed by atoms with E-state index < -0.39 is 0 Å². The maximum Gasteiger partial charge on any atom is 0.318 e. The molecule has 1 aromatic rings. The van der Waals surface area contributed by atoms with E-state index in [9.17, 15) is 9.59 Å². The number of amides is 3. The molecule has 0 spiro atoms. The minimum Gasteiger partial charge on any atom is -0.348 e. The predicted octanol–water partition coefficient (Wildman–Crippen LogP) is 3.93. The van der Waals surface area contributed by atoms with Gasteiger partial charge in [0.05, 0.1) is 6.04 Å². The first-order chi connectivity index (χ1) is 13.1. The maximum atomic E-state index is 12.8. The van der Waals surface area contributed by atoms with Gasteiger partial charge in [0, 0.05) is 12.6 Å². The van der Waals surface area contributed by atoms with Gasteiger partial charge >= 0.3 is 6.03 Å². The average Bonchev–Trinajstić information content (AvgIpc) is 3.19. The van der Waals surface area contributed by atoms with E-state index in [2.05, 4.69) is 41.8 Å². The zero-order valence-electron chi connectivity index (χ0n) is 16.7. The molecule has 27 heavy (non-hydrogen) atoms. The molecule has 148 valence electrons. The topological polar surface area (TPSA) is 61.4 Å². The van der Waals surface area contributed by atoms with Crippen LogP contribution in [-0.4, -0.2) is 35.5 Å². The Kier molecular flexibility index (Phi) is 6.75. The zero-order chi connectivity index (χ0) is 19.2. The molecule has 1 aromatic carbocycles. The Morgan fingerprint density at radius 1 is 1.07 bits per heavy atom. The summed E-state index contributed by atoms with van der Waals surface area (Å²) in [6, 6.07) is 8.15. The Labute approximate surface area is 162 Å². The van der Waals surface area contributed by atoms with Crippen LogP contribution in [-0.2, 0) is 11.2 Å². The lowest BCUT2D eigenvalue weighted by atomic mass is 9.96. The molecule has 3 rings (SSSR count). The van der Waals surface area contributed by atoms with Crippen molar-refractivity contribution >= 4 is 11.9 Å². The fourth-order valence-electron chi connectivity index (χ4n) is 4.22. The average molecular weight is 372 g/mol. The zero-order valence-corrected chi connectivity index (χ0v) is 16.7. The number of rotatable bonds is 5. The number of hydrogen-bond donors (Lipinski definition) is 2. The fourth-order valence-corrected chi connectivity index (χ4v) is 4.22. The molecule has 1 aliphatic carbocycles. The summed E-state index contributed by atoms with van der Waals surface area (Å²) in [6.45, 7) is 4.80. The molecule has 0 radical (unpaired) electrons. The van der Waals surface area contributed by atoms with Gasteiger partial charge in [0.1, 0.15) is 6.04 Å². The largest absolute Gasteiger partial charge is 0.348 e. The van der Waals surface area contributed by atoms with Crippen molar-refractivity contribution in [3.63, 3.8) is 0 Å². The fraction of sp³-hybridized carbons (Fsp3) is 0.636. The van der Waals surface area contributed by atoms with Crippen LogP contribution >= 0.6 is 0 Å². The van der Waals surface area contributed by atoms with Gasteiger partial charge in [-0.05, 0) is 50.2 Å². The molecule has 1 heterocycles. The molecule has 2 fully saturated rings. The summed E-state index contributed by atoms with van der Waals surface area (Å²) in [5.74, 6) is -0.0432. The van der Waals surface area contributed by atoms with E-state index in [4.69, 9.17) is 0 Å². The van der Waals surface area contributed by atoms with Crippen LogP contribution < -0.4 is 10.6 Å². The standard InChI is InChI=1S/C22H33N3O2/c1-3-17-11-13-18(14-12-17)16(2)23-21(26)20-10-7-15-25(20)22(27)24-19-8-5-4-6-9-19/h11-14,16,19-20H,3-10,15H2,1-2H3,(H,23,26)(H,24,27)/t16-,20-/m0/s1. The molecule has 3 amide bonds. The summed E-state index contributed by atoms with van der Waals surface area (Å²) < 4.78 is 0. The van der Waals surface area contributed by atoms with Crippen molar-refractivity contribution in [1.29, 1.82) is 0 Å². The number of benzene rings is 1. The Morgan fingerprint density at radius 3 is 2.44 bits per heavy atom. The third kappa shape index (κ3) is 5.02. The lowest BCUT2D eigenvalue weighted by Crippen LogP contribution is -2.52. The molecule has 0 unspecified atom stereocenters. The summed E-state index contributed by atoms with van der Waals surface area (Å²) in [5.41, 5.74) is 2.38. The van der Waals surface area contributed by atoms with Gasteiger partial charge in [0.15, 0.2) is 0 Å². The first kappa shape index (κ1) is 19.7. The van der Waals surface area contributed by atoms with Crippen LogP contribution in [0.4, 0.5) is 4.79 Å². The van der Waals surface area contributed by atoms with E-state index >= 15 is 0 Å². The minimum absolute atomic E-state index is 0.0432. The highest BCUT2D eigenvalue weighted by molar-refractivity contribution is 5.88. The van der Waals surface area contributed by atoms with E-state index in [1.807, 2.05) is 6.92 Å². The highest BCUT2D eigenvalue weighted by atomic mass is 16.2. The van der Waals surface area contributed by atoms with Crippen LogP contribution in [0.2, 0.25) is 0 Å². The van der Waals surface area contributed by atoms with Crippen LogP contribution in [0.15, 0.2) is 24.3 Å². The molecule has 0 bridgehead atoms. The third-order valence-corrected chi connectivity index (χ3v) is 6.00.